The third kappa shape index (κ3) is 19.0. The van der Waals surface area contributed by atoms with E-state index in [4.69, 9.17) is 14.2 Å². The number of carbonyl (C=O) groups excluding carboxylic acids is 7. The highest BCUT2D eigenvalue weighted by atomic mass is 32.2. The Morgan fingerprint density at radius 2 is 1.48 bits per heavy atom. The van der Waals surface area contributed by atoms with Crippen LogP contribution in [0.5, 0.6) is 0 Å². The van der Waals surface area contributed by atoms with Crippen LogP contribution < -0.4 is 10.6 Å². The van der Waals surface area contributed by atoms with Crippen LogP contribution in [0, 0.1) is 23.7 Å². The molecule has 8 atom stereocenters. The maximum atomic E-state index is 14.0. The van der Waals surface area contributed by atoms with Crippen molar-refractivity contribution in [2.45, 2.75) is 145 Å². The maximum Gasteiger partial charge on any atom is 0.334 e. The van der Waals surface area contributed by atoms with Gasteiger partial charge in [0, 0.05) is 32.0 Å². The van der Waals surface area contributed by atoms with Crippen LogP contribution in [0.15, 0.2) is 53.6 Å². The minimum Gasteiger partial charge on any atom is -0.457 e. The van der Waals surface area contributed by atoms with E-state index in [-0.39, 0.29) is 60.4 Å². The van der Waals surface area contributed by atoms with Gasteiger partial charge in [-0.15, -0.1) is 11.8 Å². The number of Topliss-reactive ketones (excluding diaryl/α,β-unsaturated/α-hetero) is 1. The van der Waals surface area contributed by atoms with E-state index in [1.807, 2.05) is 91.1 Å². The topological polar surface area (TPSA) is 178 Å². The summed E-state index contributed by atoms with van der Waals surface area (Å²) in [6.45, 7) is 21.0. The number of hydrogen-bond donors (Lipinski definition) is 2. The van der Waals surface area contributed by atoms with Crippen molar-refractivity contribution in [2.75, 3.05) is 32.8 Å². The van der Waals surface area contributed by atoms with E-state index in [1.165, 1.54) is 49.5 Å². The molecule has 14 nitrogen and oxygen atoms in total. The summed E-state index contributed by atoms with van der Waals surface area (Å²) in [6, 6.07) is 6.23. The zero-order valence-electron chi connectivity index (χ0n) is 40.4. The van der Waals surface area contributed by atoms with Gasteiger partial charge in [-0.2, -0.15) is 0 Å². The predicted octanol–water partition coefficient (Wildman–Crippen LogP) is 6.31. The minimum absolute atomic E-state index is 0.0615. The largest absolute Gasteiger partial charge is 0.457 e. The molecule has 63 heavy (non-hydrogen) atoms. The van der Waals surface area contributed by atoms with E-state index in [0.29, 0.717) is 18.8 Å². The number of carbonyl (C=O) groups is 7. The summed E-state index contributed by atoms with van der Waals surface area (Å²) in [7, 11) is 2.92. The van der Waals surface area contributed by atoms with Crippen LogP contribution in [-0.2, 0) is 54.2 Å². The molecule has 354 valence electrons. The fraction of sp³-hybridized carbons (Fsp3) is 0.646. The Balaban J connectivity index is 3.27. The van der Waals surface area contributed by atoms with Crippen molar-refractivity contribution < 1.29 is 47.8 Å². The van der Waals surface area contributed by atoms with E-state index in [2.05, 4.69) is 10.6 Å². The van der Waals surface area contributed by atoms with Gasteiger partial charge in [-0.3, -0.25) is 28.8 Å². The van der Waals surface area contributed by atoms with Gasteiger partial charge < -0.3 is 34.6 Å². The highest BCUT2D eigenvalue weighted by Crippen LogP contribution is 2.26. The molecule has 0 bridgehead atoms. The van der Waals surface area contributed by atoms with Gasteiger partial charge in [0.15, 0.2) is 11.9 Å². The van der Waals surface area contributed by atoms with E-state index in [1.54, 1.807) is 26.8 Å². The van der Waals surface area contributed by atoms with Crippen LogP contribution >= 0.6 is 11.8 Å². The van der Waals surface area contributed by atoms with Crippen molar-refractivity contribution in [1.29, 1.82) is 0 Å². The molecule has 15 heteroatoms. The standard InChI is InChI=1S/C48H76N4O10S/c1-16-31(7)42(36(12)53)50-41(54)27-51(13)46(57)38(26-37-21-19-18-20-22-37)52(14)45(56)35(11)49-44(55)40(25-29(3)4)61-48(59)33(9)23-24-39(60-28-63-15)34(10)43(32(8)17-2)62-47(58)30(5)6/h17-23,29-31,34-35,38-40,42-43H,16,24-28H2,1-15H3,(H,49,55)(H,50,54)/b32-17+,33-23+/t31?,34-,35-,38+,39-,40+,42-,43+/m0/s1. The average Bonchev–Trinajstić information content (AvgIpc) is 3.24. The van der Waals surface area contributed by atoms with Crippen LogP contribution in [-0.4, -0.2) is 120 Å². The van der Waals surface area contributed by atoms with Crippen LogP contribution in [0.1, 0.15) is 108 Å². The molecule has 0 aliphatic rings. The number of thioether (sulfide) groups is 1. The SMILES string of the molecule is C/C=C(\C)[C@@H](OC(=O)C(C)C)[C@@H](C)[C@H](C/C=C(\C)C(=O)O[C@H](CC(C)C)C(=O)N[C@@H](C)C(=O)N(C)[C@H](Cc1ccccc1)C(=O)N(C)CC(=O)N[C@H](C(C)=O)C(C)CC)OCSC. The van der Waals surface area contributed by atoms with E-state index in [9.17, 15) is 33.6 Å². The van der Waals surface area contributed by atoms with Gasteiger partial charge in [-0.05, 0) is 76.7 Å². The first-order valence-electron chi connectivity index (χ1n) is 22.0. The van der Waals surface area contributed by atoms with Gasteiger partial charge in [0.05, 0.1) is 30.5 Å². The summed E-state index contributed by atoms with van der Waals surface area (Å²) in [4.78, 5) is 95.8. The lowest BCUT2D eigenvalue weighted by Crippen LogP contribution is -2.56. The number of esters is 2. The molecule has 0 aliphatic carbocycles. The molecule has 1 unspecified atom stereocenters. The lowest BCUT2D eigenvalue weighted by molar-refractivity contribution is -0.155. The Morgan fingerprint density at radius 1 is 0.857 bits per heavy atom. The Labute approximate surface area is 381 Å². The Bertz CT molecular complexity index is 1730. The minimum atomic E-state index is -1.23. The van der Waals surface area contributed by atoms with Gasteiger partial charge in [-0.25, -0.2) is 4.79 Å². The second-order valence-corrected chi connectivity index (χ2v) is 18.1. The molecule has 1 aromatic carbocycles. The lowest BCUT2D eigenvalue weighted by atomic mass is 9.90. The Hall–Kier alpha value is -4.50. The molecule has 0 aromatic heterocycles. The van der Waals surface area contributed by atoms with Crippen molar-refractivity contribution in [2.24, 2.45) is 23.7 Å². The smallest absolute Gasteiger partial charge is 0.334 e. The number of hydrogen-bond acceptors (Lipinski definition) is 11. The molecule has 0 saturated carbocycles. The maximum absolute atomic E-state index is 14.0. The first-order chi connectivity index (χ1) is 29.5. The molecule has 0 saturated heterocycles. The monoisotopic (exact) mass is 901 g/mol. The van der Waals surface area contributed by atoms with Crippen molar-refractivity contribution in [3.8, 4) is 0 Å². The average molecular weight is 901 g/mol. The van der Waals surface area contributed by atoms with Crippen LogP contribution in [0.25, 0.3) is 0 Å². The van der Waals surface area contributed by atoms with Crippen molar-refractivity contribution in [3.05, 3.63) is 59.2 Å². The number of ketones is 1. The molecule has 0 fully saturated rings. The van der Waals surface area contributed by atoms with E-state index < -0.39 is 66.0 Å². The van der Waals surface area contributed by atoms with Gasteiger partial charge in [0.25, 0.3) is 5.91 Å². The third-order valence-corrected chi connectivity index (χ3v) is 11.5. The summed E-state index contributed by atoms with van der Waals surface area (Å²) < 4.78 is 17.9. The summed E-state index contributed by atoms with van der Waals surface area (Å²) in [5.74, 6) is -3.86. The molecule has 4 amide bonds. The van der Waals surface area contributed by atoms with E-state index in [0.717, 1.165) is 11.1 Å². The first-order valence-corrected chi connectivity index (χ1v) is 23.4. The van der Waals surface area contributed by atoms with Gasteiger partial charge in [0.2, 0.25) is 17.7 Å². The first kappa shape index (κ1) is 56.5. The number of nitrogens with one attached hydrogen (secondary N) is 2. The van der Waals surface area contributed by atoms with Gasteiger partial charge >= 0.3 is 11.9 Å². The summed E-state index contributed by atoms with van der Waals surface area (Å²) in [5, 5.41) is 5.45. The number of ether oxygens (including phenoxy) is 3. The molecule has 2 N–H and O–H groups in total. The summed E-state index contributed by atoms with van der Waals surface area (Å²) >= 11 is 1.50. The van der Waals surface area contributed by atoms with Crippen LogP contribution in [0.3, 0.4) is 0 Å². The third-order valence-electron chi connectivity index (χ3n) is 11.1. The zero-order chi connectivity index (χ0) is 48.1. The second-order valence-electron chi connectivity index (χ2n) is 17.3. The fourth-order valence-corrected chi connectivity index (χ4v) is 7.07. The quantitative estimate of drug-likeness (QED) is 0.0438. The molecule has 0 radical (unpaired) electrons. The predicted molar refractivity (Wildman–Crippen MR) is 248 cm³/mol. The zero-order valence-corrected chi connectivity index (χ0v) is 41.3. The van der Waals surface area contributed by atoms with Crippen molar-refractivity contribution in [3.63, 3.8) is 0 Å². The van der Waals surface area contributed by atoms with E-state index >= 15 is 0 Å². The molecule has 0 spiro atoms. The Morgan fingerprint density at radius 3 is 2.00 bits per heavy atom. The number of rotatable bonds is 27. The number of nitrogens with zero attached hydrogens (tertiary/aromatic N) is 2. The highest BCUT2D eigenvalue weighted by molar-refractivity contribution is 7.98. The number of amides is 4. The highest BCUT2D eigenvalue weighted by Gasteiger charge is 2.36. The number of likely N-dealkylation sites (N-methyl/N-ethyl adjacent to an activating group) is 2. The van der Waals surface area contributed by atoms with Crippen LogP contribution in [0.2, 0.25) is 0 Å². The molecule has 1 rings (SSSR count). The normalized spacial score (nSPS) is 15.8. The van der Waals surface area contributed by atoms with Gasteiger partial charge in [-0.1, -0.05) is 97.4 Å². The molecular formula is C48H76N4O10S. The number of benzene rings is 1. The van der Waals surface area contributed by atoms with Crippen molar-refractivity contribution in [1.82, 2.24) is 20.4 Å². The summed E-state index contributed by atoms with van der Waals surface area (Å²) in [6.07, 6.45) is 4.57. The molecular weight excluding hydrogens is 825 g/mol. The number of allylic oxidation sites excluding steroid dienone is 1. The molecule has 1 aromatic rings. The molecule has 0 heterocycles. The fourth-order valence-electron chi connectivity index (χ4n) is 6.76. The molecule has 0 aliphatic heterocycles. The van der Waals surface area contributed by atoms with Gasteiger partial charge in [0.1, 0.15) is 18.2 Å². The van der Waals surface area contributed by atoms with Crippen molar-refractivity contribution >= 4 is 53.1 Å². The second kappa shape index (κ2) is 28.3. The Kier molecular flexibility index (Phi) is 25.4. The lowest BCUT2D eigenvalue weighted by Gasteiger charge is -2.33. The van der Waals surface area contributed by atoms with Crippen LogP contribution in [0.4, 0.5) is 0 Å². The summed E-state index contributed by atoms with van der Waals surface area (Å²) in [5.41, 5.74) is 1.90.